The van der Waals surface area contributed by atoms with Crippen molar-refractivity contribution in [3.8, 4) is 0 Å². The number of carbonyl (C=O) groups is 1. The van der Waals surface area contributed by atoms with Gasteiger partial charge in [-0.1, -0.05) is 72.5 Å². The van der Waals surface area contributed by atoms with E-state index in [1.807, 2.05) is 24.3 Å². The van der Waals surface area contributed by atoms with Crippen molar-refractivity contribution in [2.75, 3.05) is 0 Å². The summed E-state index contributed by atoms with van der Waals surface area (Å²) >= 11 is 19.0. The third-order valence-electron chi connectivity index (χ3n) is 2.69. The summed E-state index contributed by atoms with van der Waals surface area (Å²) in [5.41, 5.74) is 1.71. The molecule has 0 unspecified atom stereocenters. The summed E-state index contributed by atoms with van der Waals surface area (Å²) in [6, 6.07) is 7.59. The molecule has 0 saturated carbocycles. The lowest BCUT2D eigenvalue weighted by atomic mass is 10.2. The van der Waals surface area contributed by atoms with Gasteiger partial charge >= 0.3 is 0 Å². The molecular formula is C13H14Cl3N3OS. The SMILES string of the molecule is CC(C)C(=O)N[C@H](Sc1nc2ccccc2[nH]1)C(Cl)(Cl)Cl. The van der Waals surface area contributed by atoms with Crippen LogP contribution in [-0.4, -0.2) is 25.0 Å². The molecule has 4 nitrogen and oxygen atoms in total. The molecule has 8 heteroatoms. The topological polar surface area (TPSA) is 57.8 Å². The van der Waals surface area contributed by atoms with Crippen LogP contribution in [0.2, 0.25) is 0 Å². The van der Waals surface area contributed by atoms with E-state index in [0.717, 1.165) is 11.0 Å². The maximum atomic E-state index is 11.8. The van der Waals surface area contributed by atoms with Crippen LogP contribution in [0.15, 0.2) is 29.4 Å². The number of carbonyl (C=O) groups excluding carboxylic acids is 1. The van der Waals surface area contributed by atoms with Crippen LogP contribution < -0.4 is 5.32 Å². The molecule has 1 amide bonds. The minimum Gasteiger partial charge on any atom is -0.340 e. The number of aromatic amines is 1. The first-order valence-corrected chi connectivity index (χ1v) is 8.27. The molecule has 1 heterocycles. The number of hydrogen-bond donors (Lipinski definition) is 2. The van der Waals surface area contributed by atoms with Crippen molar-refractivity contribution >= 4 is 63.5 Å². The molecule has 21 heavy (non-hydrogen) atoms. The van der Waals surface area contributed by atoms with Crippen LogP contribution in [0.3, 0.4) is 0 Å². The largest absolute Gasteiger partial charge is 0.340 e. The normalized spacial score (nSPS) is 13.6. The minimum absolute atomic E-state index is 0.185. The van der Waals surface area contributed by atoms with E-state index in [9.17, 15) is 4.79 Å². The Morgan fingerprint density at radius 1 is 1.33 bits per heavy atom. The van der Waals surface area contributed by atoms with Crippen LogP contribution in [0, 0.1) is 5.92 Å². The summed E-state index contributed by atoms with van der Waals surface area (Å²) in [4.78, 5) is 19.4. The van der Waals surface area contributed by atoms with E-state index in [2.05, 4.69) is 15.3 Å². The van der Waals surface area contributed by atoms with Gasteiger partial charge in [0.25, 0.3) is 0 Å². The van der Waals surface area contributed by atoms with Gasteiger partial charge in [0.05, 0.1) is 11.0 Å². The van der Waals surface area contributed by atoms with Gasteiger partial charge in [-0.05, 0) is 12.1 Å². The molecule has 0 aliphatic rings. The molecule has 2 aromatic rings. The summed E-state index contributed by atoms with van der Waals surface area (Å²) < 4.78 is -1.64. The standard InChI is InChI=1S/C13H14Cl3N3OS/c1-7(2)10(20)19-11(13(14,15)16)21-12-17-8-5-3-4-6-9(8)18-12/h3-7,11H,1-2H3,(H,17,18)(H,19,20)/t11-/m1/s1. The average Bonchev–Trinajstić information content (AvgIpc) is 2.78. The molecule has 0 saturated heterocycles. The van der Waals surface area contributed by atoms with Gasteiger partial charge in [-0.15, -0.1) is 0 Å². The Hall–Kier alpha value is -0.620. The van der Waals surface area contributed by atoms with Gasteiger partial charge in [0, 0.05) is 5.92 Å². The monoisotopic (exact) mass is 365 g/mol. The predicted octanol–water partition coefficient (Wildman–Crippen LogP) is 4.12. The van der Waals surface area contributed by atoms with Crippen molar-refractivity contribution in [3.05, 3.63) is 24.3 Å². The number of imidazole rings is 1. The minimum atomic E-state index is -1.64. The van der Waals surface area contributed by atoms with Crippen molar-refractivity contribution in [2.45, 2.75) is 28.2 Å². The highest BCUT2D eigenvalue weighted by Crippen LogP contribution is 2.39. The molecular weight excluding hydrogens is 353 g/mol. The number of thioether (sulfide) groups is 1. The third-order valence-corrected chi connectivity index (χ3v) is 4.86. The molecule has 2 N–H and O–H groups in total. The number of fused-ring (bicyclic) bond motifs is 1. The fraction of sp³-hybridized carbons (Fsp3) is 0.385. The number of aromatic nitrogens is 2. The van der Waals surface area contributed by atoms with Crippen LogP contribution in [0.25, 0.3) is 11.0 Å². The fourth-order valence-electron chi connectivity index (χ4n) is 1.57. The Labute approximate surface area is 141 Å². The Kier molecular flexibility index (Phi) is 5.30. The first-order valence-electron chi connectivity index (χ1n) is 6.26. The number of amides is 1. The molecule has 2 rings (SSSR count). The van der Waals surface area contributed by atoms with Crippen LogP contribution in [0.5, 0.6) is 0 Å². The second kappa shape index (κ2) is 6.65. The van der Waals surface area contributed by atoms with Crippen molar-refractivity contribution in [3.63, 3.8) is 0 Å². The Morgan fingerprint density at radius 3 is 2.57 bits per heavy atom. The van der Waals surface area contributed by atoms with Gasteiger partial charge in [-0.25, -0.2) is 4.98 Å². The second-order valence-corrected chi connectivity index (χ2v) is 8.22. The first kappa shape index (κ1) is 16.7. The number of alkyl halides is 3. The van der Waals surface area contributed by atoms with Gasteiger partial charge in [0.15, 0.2) is 5.16 Å². The number of hydrogen-bond acceptors (Lipinski definition) is 3. The summed E-state index contributed by atoms with van der Waals surface area (Å²) in [5, 5.41) is 2.56. The maximum Gasteiger partial charge on any atom is 0.223 e. The molecule has 1 aromatic heterocycles. The highest BCUT2D eigenvalue weighted by molar-refractivity contribution is 8.00. The highest BCUT2D eigenvalue weighted by atomic mass is 35.6. The molecule has 0 aliphatic heterocycles. The van der Waals surface area contributed by atoms with Crippen LogP contribution in [-0.2, 0) is 4.79 Å². The number of H-pyrrole nitrogens is 1. The van der Waals surface area contributed by atoms with E-state index in [4.69, 9.17) is 34.8 Å². The number of benzene rings is 1. The van der Waals surface area contributed by atoms with E-state index in [-0.39, 0.29) is 11.8 Å². The zero-order chi connectivity index (χ0) is 15.6. The zero-order valence-electron chi connectivity index (χ0n) is 11.4. The molecule has 1 atom stereocenters. The van der Waals surface area contributed by atoms with E-state index in [1.165, 1.54) is 11.8 Å². The average molecular weight is 367 g/mol. The summed E-state index contributed by atoms with van der Waals surface area (Å²) in [5.74, 6) is -0.383. The quantitative estimate of drug-likeness (QED) is 0.486. The predicted molar refractivity (Wildman–Crippen MR) is 89.0 cm³/mol. The lowest BCUT2D eigenvalue weighted by Gasteiger charge is -2.24. The summed E-state index contributed by atoms with van der Waals surface area (Å²) in [7, 11) is 0. The number of nitrogens with one attached hydrogen (secondary N) is 2. The Bertz CT molecular complexity index is 606. The molecule has 0 fully saturated rings. The molecule has 0 aliphatic carbocycles. The molecule has 0 spiro atoms. The van der Waals surface area contributed by atoms with Crippen LogP contribution >= 0.6 is 46.6 Å². The molecule has 1 aromatic carbocycles. The van der Waals surface area contributed by atoms with Gasteiger partial charge in [0.2, 0.25) is 9.70 Å². The van der Waals surface area contributed by atoms with E-state index >= 15 is 0 Å². The van der Waals surface area contributed by atoms with Gasteiger partial charge in [-0.2, -0.15) is 0 Å². The van der Waals surface area contributed by atoms with Crippen molar-refractivity contribution in [1.82, 2.24) is 15.3 Å². The fourth-order valence-corrected chi connectivity index (χ4v) is 2.99. The molecule has 0 radical (unpaired) electrons. The van der Waals surface area contributed by atoms with Crippen molar-refractivity contribution < 1.29 is 4.79 Å². The first-order chi connectivity index (χ1) is 9.77. The van der Waals surface area contributed by atoms with Crippen LogP contribution in [0.4, 0.5) is 0 Å². The van der Waals surface area contributed by atoms with E-state index in [0.29, 0.717) is 5.16 Å². The van der Waals surface area contributed by atoms with Crippen molar-refractivity contribution in [2.24, 2.45) is 5.92 Å². The summed E-state index contributed by atoms with van der Waals surface area (Å²) in [6.45, 7) is 3.55. The van der Waals surface area contributed by atoms with Crippen LogP contribution in [0.1, 0.15) is 13.8 Å². The Balaban J connectivity index is 2.20. The molecule has 114 valence electrons. The van der Waals surface area contributed by atoms with Gasteiger partial charge in [-0.3, -0.25) is 4.79 Å². The third kappa shape index (κ3) is 4.42. The zero-order valence-corrected chi connectivity index (χ0v) is 14.4. The lowest BCUT2D eigenvalue weighted by Crippen LogP contribution is -2.43. The number of rotatable bonds is 4. The number of nitrogens with zero attached hydrogens (tertiary/aromatic N) is 1. The van der Waals surface area contributed by atoms with E-state index in [1.54, 1.807) is 13.8 Å². The molecule has 0 bridgehead atoms. The lowest BCUT2D eigenvalue weighted by molar-refractivity contribution is -0.124. The number of para-hydroxylation sites is 2. The highest BCUT2D eigenvalue weighted by Gasteiger charge is 2.36. The van der Waals surface area contributed by atoms with Crippen molar-refractivity contribution in [1.29, 1.82) is 0 Å². The second-order valence-electron chi connectivity index (χ2n) is 4.76. The van der Waals surface area contributed by atoms with Gasteiger partial charge in [0.1, 0.15) is 5.37 Å². The smallest absolute Gasteiger partial charge is 0.223 e. The number of halogens is 3. The van der Waals surface area contributed by atoms with E-state index < -0.39 is 9.17 Å². The summed E-state index contributed by atoms with van der Waals surface area (Å²) in [6.07, 6.45) is 0. The maximum absolute atomic E-state index is 11.8. The Morgan fingerprint density at radius 2 is 2.00 bits per heavy atom. The van der Waals surface area contributed by atoms with Gasteiger partial charge < -0.3 is 10.3 Å².